The van der Waals surface area contributed by atoms with E-state index in [9.17, 15) is 8.78 Å². The first-order valence-electron chi connectivity index (χ1n) is 9.83. The smallest absolute Gasteiger partial charge is 0.211 e. The van der Waals surface area contributed by atoms with Crippen LogP contribution in [0.3, 0.4) is 0 Å². The lowest BCUT2D eigenvalue weighted by Crippen LogP contribution is -2.12. The number of thiazole rings is 1. The number of pyridine rings is 1. The number of hydrogen-bond acceptors (Lipinski definition) is 4. The molecular formula is C25H16F2N4S. The Morgan fingerprint density at radius 2 is 1.75 bits per heavy atom. The first-order valence-corrected chi connectivity index (χ1v) is 10.7. The van der Waals surface area contributed by atoms with Crippen LogP contribution in [0, 0.1) is 11.6 Å². The third kappa shape index (κ3) is 3.98. The Labute approximate surface area is 186 Å². The highest BCUT2D eigenvalue weighted by Crippen LogP contribution is 2.29. The number of rotatable bonds is 4. The summed E-state index contributed by atoms with van der Waals surface area (Å²) in [5.74, 6) is -1.38. The van der Waals surface area contributed by atoms with Gasteiger partial charge in [0.1, 0.15) is 11.5 Å². The SMILES string of the molecule is Fc1ccc(N=c2scc(-c3cccc4ccccc34)n2N=Cc2ccccn2)c(F)c1. The van der Waals surface area contributed by atoms with Crippen LogP contribution in [0.15, 0.2) is 101 Å². The monoisotopic (exact) mass is 442 g/mol. The molecule has 2 aromatic heterocycles. The Morgan fingerprint density at radius 1 is 0.906 bits per heavy atom. The van der Waals surface area contributed by atoms with Crippen molar-refractivity contribution >= 4 is 34.0 Å². The lowest BCUT2D eigenvalue weighted by atomic mass is 10.0. The fraction of sp³-hybridized carbons (Fsp3) is 0. The lowest BCUT2D eigenvalue weighted by Gasteiger charge is -2.07. The van der Waals surface area contributed by atoms with Crippen LogP contribution < -0.4 is 4.80 Å². The van der Waals surface area contributed by atoms with Gasteiger partial charge < -0.3 is 0 Å². The molecule has 5 rings (SSSR count). The van der Waals surface area contributed by atoms with Crippen molar-refractivity contribution in [2.24, 2.45) is 10.1 Å². The summed E-state index contributed by atoms with van der Waals surface area (Å²) in [5.41, 5.74) is 2.49. The molecule has 0 spiro atoms. The molecule has 32 heavy (non-hydrogen) atoms. The van der Waals surface area contributed by atoms with Crippen molar-refractivity contribution in [1.29, 1.82) is 0 Å². The third-order valence-corrected chi connectivity index (χ3v) is 5.69. The standard InChI is InChI=1S/C25H16F2N4S/c26-18-11-12-23(22(27)14-18)30-25-31(29-15-19-8-3-4-13-28-19)24(16-32-25)21-10-5-7-17-6-1-2-9-20(17)21/h1-16H. The summed E-state index contributed by atoms with van der Waals surface area (Å²) in [4.78, 5) is 9.15. The molecule has 0 saturated carbocycles. The molecule has 156 valence electrons. The molecule has 3 aromatic carbocycles. The van der Waals surface area contributed by atoms with E-state index < -0.39 is 11.6 Å². The van der Waals surface area contributed by atoms with Gasteiger partial charge in [-0.2, -0.15) is 5.10 Å². The van der Waals surface area contributed by atoms with Gasteiger partial charge in [-0.15, -0.1) is 11.3 Å². The van der Waals surface area contributed by atoms with Crippen molar-refractivity contribution in [3.63, 3.8) is 0 Å². The van der Waals surface area contributed by atoms with E-state index in [0.717, 1.165) is 28.1 Å². The van der Waals surface area contributed by atoms with E-state index >= 15 is 0 Å². The second kappa shape index (κ2) is 8.64. The average molecular weight is 442 g/mol. The van der Waals surface area contributed by atoms with Crippen LogP contribution in [0.25, 0.3) is 22.0 Å². The molecule has 0 N–H and O–H groups in total. The van der Waals surface area contributed by atoms with Crippen molar-refractivity contribution in [1.82, 2.24) is 9.66 Å². The highest BCUT2D eigenvalue weighted by Gasteiger charge is 2.12. The number of benzene rings is 3. The van der Waals surface area contributed by atoms with Gasteiger partial charge in [-0.3, -0.25) is 4.98 Å². The molecule has 2 heterocycles. The average Bonchev–Trinajstić information content (AvgIpc) is 3.22. The van der Waals surface area contributed by atoms with Crippen molar-refractivity contribution < 1.29 is 8.78 Å². The summed E-state index contributed by atoms with van der Waals surface area (Å²) in [7, 11) is 0. The minimum absolute atomic E-state index is 0.0412. The maximum Gasteiger partial charge on any atom is 0.211 e. The topological polar surface area (TPSA) is 42.5 Å². The number of nitrogens with zero attached hydrogens (tertiary/aromatic N) is 4. The molecule has 0 bridgehead atoms. The molecule has 4 nitrogen and oxygen atoms in total. The summed E-state index contributed by atoms with van der Waals surface area (Å²) in [6, 6.07) is 23.0. The molecule has 0 aliphatic rings. The van der Waals surface area contributed by atoms with Gasteiger partial charge in [0, 0.05) is 23.2 Å². The molecule has 5 aromatic rings. The predicted molar refractivity (Wildman–Crippen MR) is 124 cm³/mol. The van der Waals surface area contributed by atoms with Gasteiger partial charge in [-0.1, -0.05) is 48.5 Å². The van der Waals surface area contributed by atoms with Crippen molar-refractivity contribution in [2.75, 3.05) is 0 Å². The van der Waals surface area contributed by atoms with E-state index in [4.69, 9.17) is 0 Å². The molecule has 0 aliphatic heterocycles. The van der Waals surface area contributed by atoms with Crippen LogP contribution in [0.1, 0.15) is 5.69 Å². The van der Waals surface area contributed by atoms with Gasteiger partial charge >= 0.3 is 0 Å². The zero-order valence-corrected chi connectivity index (χ0v) is 17.5. The van der Waals surface area contributed by atoms with E-state index in [-0.39, 0.29) is 5.69 Å². The van der Waals surface area contributed by atoms with Crippen molar-refractivity contribution in [3.05, 3.63) is 113 Å². The van der Waals surface area contributed by atoms with Gasteiger partial charge in [-0.05, 0) is 35.0 Å². The van der Waals surface area contributed by atoms with Crippen LogP contribution in [-0.2, 0) is 0 Å². The summed E-state index contributed by atoms with van der Waals surface area (Å²) >= 11 is 1.32. The normalized spacial score (nSPS) is 12.1. The summed E-state index contributed by atoms with van der Waals surface area (Å²) in [6.45, 7) is 0. The van der Waals surface area contributed by atoms with Gasteiger partial charge in [-0.25, -0.2) is 18.4 Å². The Morgan fingerprint density at radius 3 is 2.59 bits per heavy atom. The number of halogens is 2. The first kappa shape index (κ1) is 20.0. The van der Waals surface area contributed by atoms with E-state index in [1.165, 1.54) is 23.5 Å². The molecule has 0 amide bonds. The van der Waals surface area contributed by atoms with Crippen LogP contribution in [0.2, 0.25) is 0 Å². The highest BCUT2D eigenvalue weighted by molar-refractivity contribution is 7.07. The van der Waals surface area contributed by atoms with Crippen LogP contribution in [-0.4, -0.2) is 15.9 Å². The van der Waals surface area contributed by atoms with Gasteiger partial charge in [0.25, 0.3) is 0 Å². The fourth-order valence-electron chi connectivity index (χ4n) is 3.37. The third-order valence-electron chi connectivity index (χ3n) is 4.87. The largest absolute Gasteiger partial charge is 0.255 e. The Hall–Kier alpha value is -3.97. The Balaban J connectivity index is 1.72. The zero-order valence-electron chi connectivity index (χ0n) is 16.7. The predicted octanol–water partition coefficient (Wildman–Crippen LogP) is 6.16. The lowest BCUT2D eigenvalue weighted by molar-refractivity contribution is 0.584. The summed E-state index contributed by atoms with van der Waals surface area (Å²) < 4.78 is 29.3. The van der Waals surface area contributed by atoms with E-state index in [2.05, 4.69) is 15.1 Å². The number of hydrogen-bond donors (Lipinski definition) is 0. The highest BCUT2D eigenvalue weighted by atomic mass is 32.1. The Bertz CT molecular complexity index is 1500. The molecular weight excluding hydrogens is 426 g/mol. The summed E-state index contributed by atoms with van der Waals surface area (Å²) in [5, 5.41) is 8.70. The molecule has 0 radical (unpaired) electrons. The zero-order chi connectivity index (χ0) is 21.9. The number of aromatic nitrogens is 2. The molecule has 0 aliphatic carbocycles. The van der Waals surface area contributed by atoms with Gasteiger partial charge in [0.15, 0.2) is 5.82 Å². The quantitative estimate of drug-likeness (QED) is 0.308. The van der Waals surface area contributed by atoms with Crippen LogP contribution in [0.5, 0.6) is 0 Å². The first-order chi connectivity index (χ1) is 15.7. The fourth-order valence-corrected chi connectivity index (χ4v) is 4.21. The second-order valence-corrected chi connectivity index (χ2v) is 7.79. The molecule has 0 saturated heterocycles. The van der Waals surface area contributed by atoms with Gasteiger partial charge in [0.2, 0.25) is 4.80 Å². The summed E-state index contributed by atoms with van der Waals surface area (Å²) in [6.07, 6.45) is 3.31. The Kier molecular flexibility index (Phi) is 5.39. The molecule has 7 heteroatoms. The molecule has 0 unspecified atom stereocenters. The van der Waals surface area contributed by atoms with Crippen LogP contribution >= 0.6 is 11.3 Å². The maximum atomic E-state index is 14.3. The van der Waals surface area contributed by atoms with Gasteiger partial charge in [0.05, 0.1) is 17.6 Å². The van der Waals surface area contributed by atoms with E-state index in [1.807, 2.05) is 66.0 Å². The van der Waals surface area contributed by atoms with Crippen molar-refractivity contribution in [2.45, 2.75) is 0 Å². The van der Waals surface area contributed by atoms with E-state index in [0.29, 0.717) is 10.5 Å². The molecule has 0 atom stereocenters. The molecule has 0 fully saturated rings. The second-order valence-electron chi connectivity index (χ2n) is 6.95. The number of fused-ring (bicyclic) bond motifs is 1. The van der Waals surface area contributed by atoms with Crippen molar-refractivity contribution in [3.8, 4) is 11.3 Å². The maximum absolute atomic E-state index is 14.3. The minimum Gasteiger partial charge on any atom is -0.255 e. The van der Waals surface area contributed by atoms with Crippen LogP contribution in [0.4, 0.5) is 14.5 Å². The van der Waals surface area contributed by atoms with E-state index in [1.54, 1.807) is 17.1 Å². The minimum atomic E-state index is -0.731.